The van der Waals surface area contributed by atoms with Crippen LogP contribution in [0.5, 0.6) is 0 Å². The third-order valence-electron chi connectivity index (χ3n) is 5.27. The number of nitrogens with zero attached hydrogens (tertiary/aromatic N) is 1. The van der Waals surface area contributed by atoms with Gasteiger partial charge in [0.1, 0.15) is 5.82 Å². The molecule has 2 saturated heterocycles. The molecule has 2 heterocycles. The van der Waals surface area contributed by atoms with Gasteiger partial charge in [0.25, 0.3) is 0 Å². The Hall–Kier alpha value is -0.930. The average molecular weight is 291 g/mol. The highest BCUT2D eigenvalue weighted by molar-refractivity contribution is 5.16. The lowest BCUT2D eigenvalue weighted by molar-refractivity contribution is -0.0452. The summed E-state index contributed by atoms with van der Waals surface area (Å²) in [6.45, 7) is 8.64. The molecule has 1 aromatic rings. The second-order valence-corrected chi connectivity index (χ2v) is 7.10. The van der Waals surface area contributed by atoms with Crippen LogP contribution in [0.3, 0.4) is 0 Å². The molecule has 2 fully saturated rings. The fraction of sp³-hybridized carbons (Fsp3) is 0.667. The maximum atomic E-state index is 12.9. The van der Waals surface area contributed by atoms with Crippen molar-refractivity contribution in [2.24, 2.45) is 11.8 Å². The molecule has 2 aliphatic rings. The van der Waals surface area contributed by atoms with Crippen molar-refractivity contribution in [3.8, 4) is 0 Å². The average Bonchev–Trinajstić information content (AvgIpc) is 2.89. The molecule has 0 aliphatic carbocycles. The van der Waals surface area contributed by atoms with Gasteiger partial charge in [0.05, 0.1) is 12.2 Å². The highest BCUT2D eigenvalue weighted by atomic mass is 19.1. The standard InChI is InChI=1S/C18H26FNO/c1-14(2)16-11-18(21-13-16)7-9-20(10-8-18)12-15-3-5-17(19)6-4-15/h3-6,14,16H,7-13H2,1-2H3/t16-/m1/s1. The minimum Gasteiger partial charge on any atom is -0.375 e. The molecule has 1 atom stereocenters. The Bertz CT molecular complexity index is 463. The molecule has 1 spiro atoms. The van der Waals surface area contributed by atoms with Gasteiger partial charge in [-0.2, -0.15) is 0 Å². The molecule has 0 bridgehead atoms. The predicted molar refractivity (Wildman–Crippen MR) is 82.5 cm³/mol. The first-order valence-corrected chi connectivity index (χ1v) is 8.17. The topological polar surface area (TPSA) is 12.5 Å². The van der Waals surface area contributed by atoms with Gasteiger partial charge in [-0.1, -0.05) is 26.0 Å². The van der Waals surface area contributed by atoms with E-state index in [1.807, 2.05) is 12.1 Å². The maximum absolute atomic E-state index is 12.9. The van der Waals surface area contributed by atoms with Gasteiger partial charge in [-0.15, -0.1) is 0 Å². The summed E-state index contributed by atoms with van der Waals surface area (Å²) >= 11 is 0. The summed E-state index contributed by atoms with van der Waals surface area (Å²) in [6.07, 6.45) is 3.50. The van der Waals surface area contributed by atoms with E-state index in [9.17, 15) is 4.39 Å². The molecule has 0 aromatic heterocycles. The molecule has 21 heavy (non-hydrogen) atoms. The summed E-state index contributed by atoms with van der Waals surface area (Å²) in [5, 5.41) is 0. The Balaban J connectivity index is 1.52. The van der Waals surface area contributed by atoms with Crippen molar-refractivity contribution in [2.45, 2.75) is 45.3 Å². The Labute approximate surface area is 127 Å². The van der Waals surface area contributed by atoms with E-state index in [1.165, 1.54) is 12.0 Å². The Morgan fingerprint density at radius 3 is 2.48 bits per heavy atom. The smallest absolute Gasteiger partial charge is 0.123 e. The number of likely N-dealkylation sites (tertiary alicyclic amines) is 1. The lowest BCUT2D eigenvalue weighted by atomic mass is 9.82. The van der Waals surface area contributed by atoms with Crippen LogP contribution >= 0.6 is 0 Å². The van der Waals surface area contributed by atoms with E-state index in [-0.39, 0.29) is 11.4 Å². The molecule has 0 N–H and O–H groups in total. The molecule has 3 rings (SSSR count). The zero-order chi connectivity index (χ0) is 14.9. The van der Waals surface area contributed by atoms with Gasteiger partial charge in [-0.25, -0.2) is 4.39 Å². The summed E-state index contributed by atoms with van der Waals surface area (Å²) in [5.41, 5.74) is 1.34. The van der Waals surface area contributed by atoms with E-state index >= 15 is 0 Å². The molecule has 2 nitrogen and oxygen atoms in total. The summed E-state index contributed by atoms with van der Waals surface area (Å²) in [6, 6.07) is 6.88. The summed E-state index contributed by atoms with van der Waals surface area (Å²) in [5.74, 6) is 1.30. The summed E-state index contributed by atoms with van der Waals surface area (Å²) in [7, 11) is 0. The minimum atomic E-state index is -0.157. The van der Waals surface area contributed by atoms with E-state index in [4.69, 9.17) is 4.74 Å². The van der Waals surface area contributed by atoms with Gasteiger partial charge < -0.3 is 4.74 Å². The van der Waals surface area contributed by atoms with Gasteiger partial charge in [0, 0.05) is 19.6 Å². The highest BCUT2D eigenvalue weighted by Crippen LogP contribution is 2.41. The second kappa shape index (κ2) is 6.05. The first kappa shape index (κ1) is 15.0. The zero-order valence-electron chi connectivity index (χ0n) is 13.1. The van der Waals surface area contributed by atoms with Crippen molar-refractivity contribution >= 4 is 0 Å². The van der Waals surface area contributed by atoms with Crippen molar-refractivity contribution in [3.05, 3.63) is 35.6 Å². The maximum Gasteiger partial charge on any atom is 0.123 e. The van der Waals surface area contributed by atoms with Gasteiger partial charge >= 0.3 is 0 Å². The van der Waals surface area contributed by atoms with E-state index in [0.29, 0.717) is 0 Å². The SMILES string of the molecule is CC(C)[C@H]1COC2(CCN(Cc3ccc(F)cc3)CC2)C1. The molecule has 3 heteroatoms. The van der Waals surface area contributed by atoms with Gasteiger partial charge in [0.15, 0.2) is 0 Å². The van der Waals surface area contributed by atoms with Gasteiger partial charge in [-0.05, 0) is 48.8 Å². The van der Waals surface area contributed by atoms with Gasteiger partial charge in [-0.3, -0.25) is 4.90 Å². The summed E-state index contributed by atoms with van der Waals surface area (Å²) in [4.78, 5) is 2.46. The lowest BCUT2D eigenvalue weighted by Gasteiger charge is -2.39. The van der Waals surface area contributed by atoms with Crippen molar-refractivity contribution < 1.29 is 9.13 Å². The molecule has 0 radical (unpaired) electrons. The highest BCUT2D eigenvalue weighted by Gasteiger charge is 2.43. The number of hydrogen-bond acceptors (Lipinski definition) is 2. The van der Waals surface area contributed by atoms with E-state index in [0.717, 1.165) is 50.9 Å². The normalized spacial score (nSPS) is 25.8. The predicted octanol–water partition coefficient (Wildman–Crippen LogP) is 3.85. The monoisotopic (exact) mass is 291 g/mol. The fourth-order valence-corrected chi connectivity index (χ4v) is 3.62. The Morgan fingerprint density at radius 1 is 1.24 bits per heavy atom. The number of ether oxygens (including phenoxy) is 1. The molecule has 1 aromatic carbocycles. The Morgan fingerprint density at radius 2 is 1.90 bits per heavy atom. The fourth-order valence-electron chi connectivity index (χ4n) is 3.62. The summed E-state index contributed by atoms with van der Waals surface area (Å²) < 4.78 is 19.1. The molecule has 116 valence electrons. The largest absolute Gasteiger partial charge is 0.375 e. The van der Waals surface area contributed by atoms with Crippen LogP contribution in [-0.2, 0) is 11.3 Å². The first-order chi connectivity index (χ1) is 10.1. The van der Waals surface area contributed by atoms with Crippen LogP contribution in [0.2, 0.25) is 0 Å². The molecular formula is C18H26FNO. The zero-order valence-corrected chi connectivity index (χ0v) is 13.1. The number of benzene rings is 1. The quantitative estimate of drug-likeness (QED) is 0.838. The third-order valence-corrected chi connectivity index (χ3v) is 5.27. The van der Waals surface area contributed by atoms with Crippen LogP contribution in [0.15, 0.2) is 24.3 Å². The molecular weight excluding hydrogens is 265 g/mol. The van der Waals surface area contributed by atoms with Crippen molar-refractivity contribution in [1.82, 2.24) is 4.90 Å². The number of piperidine rings is 1. The minimum absolute atomic E-state index is 0.147. The number of hydrogen-bond donors (Lipinski definition) is 0. The number of halogens is 1. The van der Waals surface area contributed by atoms with E-state index in [2.05, 4.69) is 18.7 Å². The second-order valence-electron chi connectivity index (χ2n) is 7.10. The van der Waals surface area contributed by atoms with Crippen LogP contribution in [0.25, 0.3) is 0 Å². The van der Waals surface area contributed by atoms with Crippen LogP contribution < -0.4 is 0 Å². The molecule has 0 amide bonds. The van der Waals surface area contributed by atoms with E-state index < -0.39 is 0 Å². The van der Waals surface area contributed by atoms with Crippen LogP contribution in [-0.4, -0.2) is 30.2 Å². The van der Waals surface area contributed by atoms with Gasteiger partial charge in [0.2, 0.25) is 0 Å². The molecule has 0 saturated carbocycles. The van der Waals surface area contributed by atoms with E-state index in [1.54, 1.807) is 12.1 Å². The van der Waals surface area contributed by atoms with Crippen LogP contribution in [0.4, 0.5) is 4.39 Å². The third kappa shape index (κ3) is 3.46. The van der Waals surface area contributed by atoms with Crippen molar-refractivity contribution in [1.29, 1.82) is 0 Å². The lowest BCUT2D eigenvalue weighted by Crippen LogP contribution is -2.43. The Kier molecular flexibility index (Phi) is 4.32. The van der Waals surface area contributed by atoms with Crippen LogP contribution in [0.1, 0.15) is 38.7 Å². The van der Waals surface area contributed by atoms with Crippen molar-refractivity contribution in [2.75, 3.05) is 19.7 Å². The van der Waals surface area contributed by atoms with Crippen molar-refractivity contribution in [3.63, 3.8) is 0 Å². The number of rotatable bonds is 3. The molecule has 0 unspecified atom stereocenters. The first-order valence-electron chi connectivity index (χ1n) is 8.17. The molecule has 2 aliphatic heterocycles. The van der Waals surface area contributed by atoms with Crippen LogP contribution in [0, 0.1) is 17.7 Å².